The molecule has 0 aliphatic rings. The van der Waals surface area contributed by atoms with Crippen LogP contribution in [0.5, 0.6) is 5.75 Å². The van der Waals surface area contributed by atoms with Gasteiger partial charge in [0, 0.05) is 0 Å². The van der Waals surface area contributed by atoms with Crippen LogP contribution in [0.3, 0.4) is 0 Å². The average Bonchev–Trinajstić information content (AvgIpc) is 3.15. The van der Waals surface area contributed by atoms with E-state index in [4.69, 9.17) is 27.9 Å². The fraction of sp³-hybridized carbons (Fsp3) is 0.0833. The van der Waals surface area contributed by atoms with Crippen LogP contribution in [0.1, 0.15) is 22.5 Å². The zero-order chi connectivity index (χ0) is 22.0. The first-order chi connectivity index (χ1) is 14.9. The number of hydrogen-bond donors (Lipinski definition) is 1. The van der Waals surface area contributed by atoms with Gasteiger partial charge in [0.2, 0.25) is 0 Å². The molecule has 0 radical (unpaired) electrons. The number of imidazole rings is 1. The van der Waals surface area contributed by atoms with Crippen molar-refractivity contribution in [2.45, 2.75) is 13.5 Å². The summed E-state index contributed by atoms with van der Waals surface area (Å²) in [7, 11) is 0. The molecule has 1 N–H and O–H groups in total. The van der Waals surface area contributed by atoms with Gasteiger partial charge in [-0.2, -0.15) is 5.26 Å². The van der Waals surface area contributed by atoms with Crippen LogP contribution in [0, 0.1) is 24.1 Å². The standard InChI is InChI=1S/C24H16Cl2FN3O/c1-14-2-4-15(5-3-14)13-31-23-19(25)9-16(10-20(23)26)8-17(12-28)24-29-21-7-6-18(27)11-22(21)30-24/h2-11H,13H2,1H3,(H,29,30)/b17-8-. The summed E-state index contributed by atoms with van der Waals surface area (Å²) in [5, 5.41) is 10.3. The third kappa shape index (κ3) is 4.72. The topological polar surface area (TPSA) is 61.7 Å². The van der Waals surface area contributed by atoms with E-state index < -0.39 is 0 Å². The molecule has 3 aromatic carbocycles. The van der Waals surface area contributed by atoms with Crippen LogP contribution < -0.4 is 4.74 Å². The zero-order valence-electron chi connectivity index (χ0n) is 16.4. The lowest BCUT2D eigenvalue weighted by Crippen LogP contribution is -1.97. The van der Waals surface area contributed by atoms with Gasteiger partial charge in [-0.05, 0) is 54.5 Å². The number of allylic oxidation sites excluding steroid dienone is 1. The number of nitrogens with one attached hydrogen (secondary N) is 1. The summed E-state index contributed by atoms with van der Waals surface area (Å²) in [6.45, 7) is 2.34. The Morgan fingerprint density at radius 3 is 2.52 bits per heavy atom. The molecule has 154 valence electrons. The second kappa shape index (κ2) is 8.81. The van der Waals surface area contributed by atoms with Gasteiger partial charge in [-0.15, -0.1) is 0 Å². The lowest BCUT2D eigenvalue weighted by atomic mass is 10.1. The molecule has 0 spiro atoms. The molecule has 0 atom stereocenters. The van der Waals surface area contributed by atoms with E-state index in [1.807, 2.05) is 31.2 Å². The number of aromatic amines is 1. The largest absolute Gasteiger partial charge is 0.486 e. The number of ether oxygens (including phenoxy) is 1. The maximum Gasteiger partial charge on any atom is 0.157 e. The van der Waals surface area contributed by atoms with Crippen molar-refractivity contribution >= 4 is 45.9 Å². The van der Waals surface area contributed by atoms with Crippen molar-refractivity contribution in [3.63, 3.8) is 0 Å². The average molecular weight is 452 g/mol. The van der Waals surface area contributed by atoms with Gasteiger partial charge in [0.1, 0.15) is 24.3 Å². The quantitative estimate of drug-likeness (QED) is 0.333. The molecule has 0 bridgehead atoms. The van der Waals surface area contributed by atoms with Gasteiger partial charge in [0.25, 0.3) is 0 Å². The number of fused-ring (bicyclic) bond motifs is 1. The molecule has 1 aromatic heterocycles. The molecule has 0 aliphatic carbocycles. The van der Waals surface area contributed by atoms with Crippen LogP contribution in [0.2, 0.25) is 10.0 Å². The van der Waals surface area contributed by atoms with Crippen molar-refractivity contribution in [2.75, 3.05) is 0 Å². The maximum atomic E-state index is 13.4. The second-order valence-electron chi connectivity index (χ2n) is 7.00. The maximum absolute atomic E-state index is 13.4. The van der Waals surface area contributed by atoms with Gasteiger partial charge in [-0.3, -0.25) is 0 Å². The van der Waals surface area contributed by atoms with E-state index in [1.54, 1.807) is 24.3 Å². The molecule has 7 heteroatoms. The highest BCUT2D eigenvalue weighted by molar-refractivity contribution is 6.37. The Morgan fingerprint density at radius 1 is 1.13 bits per heavy atom. The number of nitriles is 1. The highest BCUT2D eigenvalue weighted by atomic mass is 35.5. The van der Waals surface area contributed by atoms with E-state index in [9.17, 15) is 9.65 Å². The molecular weight excluding hydrogens is 436 g/mol. The third-order valence-electron chi connectivity index (χ3n) is 4.65. The molecule has 0 aliphatic heterocycles. The van der Waals surface area contributed by atoms with Crippen molar-refractivity contribution in [3.8, 4) is 11.8 Å². The fourth-order valence-electron chi connectivity index (χ4n) is 3.07. The van der Waals surface area contributed by atoms with Crippen LogP contribution in [-0.2, 0) is 6.61 Å². The number of H-pyrrole nitrogens is 1. The van der Waals surface area contributed by atoms with Crippen LogP contribution >= 0.6 is 23.2 Å². The molecule has 0 amide bonds. The molecule has 0 saturated carbocycles. The number of aromatic nitrogens is 2. The summed E-state index contributed by atoms with van der Waals surface area (Å²) >= 11 is 12.8. The van der Waals surface area contributed by atoms with E-state index in [0.29, 0.717) is 44.8 Å². The summed E-state index contributed by atoms with van der Waals surface area (Å²) in [4.78, 5) is 7.31. The Labute approximate surface area is 188 Å². The molecular formula is C24H16Cl2FN3O. The second-order valence-corrected chi connectivity index (χ2v) is 7.82. The number of halogens is 3. The summed E-state index contributed by atoms with van der Waals surface area (Å²) in [5.41, 5.74) is 4.10. The number of benzene rings is 3. The first-order valence-corrected chi connectivity index (χ1v) is 10.1. The minimum atomic E-state index is -0.384. The molecule has 4 nitrogen and oxygen atoms in total. The SMILES string of the molecule is Cc1ccc(COc2c(Cl)cc(/C=C(/C#N)c3nc4ccc(F)cc4[nH]3)cc2Cl)cc1. The monoisotopic (exact) mass is 451 g/mol. The van der Waals surface area contributed by atoms with Crippen LogP contribution in [0.15, 0.2) is 54.6 Å². The van der Waals surface area contributed by atoms with Crippen molar-refractivity contribution < 1.29 is 9.13 Å². The molecule has 0 unspecified atom stereocenters. The van der Waals surface area contributed by atoms with Gasteiger partial charge < -0.3 is 9.72 Å². The Morgan fingerprint density at radius 2 is 1.84 bits per heavy atom. The number of aryl methyl sites for hydroxylation is 1. The molecule has 0 fully saturated rings. The van der Waals surface area contributed by atoms with Gasteiger partial charge in [-0.25, -0.2) is 9.37 Å². The first-order valence-electron chi connectivity index (χ1n) is 9.38. The minimum Gasteiger partial charge on any atom is -0.486 e. The molecule has 4 aromatic rings. The lowest BCUT2D eigenvalue weighted by molar-refractivity contribution is 0.306. The lowest BCUT2D eigenvalue weighted by Gasteiger charge is -2.11. The molecule has 0 saturated heterocycles. The van der Waals surface area contributed by atoms with E-state index in [0.717, 1.165) is 5.56 Å². The van der Waals surface area contributed by atoms with E-state index in [-0.39, 0.29) is 11.4 Å². The normalized spacial score (nSPS) is 11.5. The Balaban J connectivity index is 1.60. The Bertz CT molecular complexity index is 1310. The molecule has 1 heterocycles. The Hall–Kier alpha value is -3.33. The van der Waals surface area contributed by atoms with Crippen LogP contribution in [-0.4, -0.2) is 9.97 Å². The van der Waals surface area contributed by atoms with Crippen LogP contribution in [0.25, 0.3) is 22.7 Å². The minimum absolute atomic E-state index is 0.261. The smallest absolute Gasteiger partial charge is 0.157 e. The van der Waals surface area contributed by atoms with E-state index in [1.165, 1.54) is 17.7 Å². The van der Waals surface area contributed by atoms with Gasteiger partial charge in [0.05, 0.1) is 26.7 Å². The van der Waals surface area contributed by atoms with Crippen molar-refractivity contribution in [2.24, 2.45) is 0 Å². The van der Waals surface area contributed by atoms with E-state index in [2.05, 4.69) is 16.0 Å². The number of rotatable bonds is 5. The van der Waals surface area contributed by atoms with Crippen molar-refractivity contribution in [1.82, 2.24) is 9.97 Å². The third-order valence-corrected chi connectivity index (χ3v) is 5.22. The summed E-state index contributed by atoms with van der Waals surface area (Å²) in [6, 6.07) is 17.6. The number of hydrogen-bond acceptors (Lipinski definition) is 3. The molecule has 4 rings (SSSR count). The summed E-state index contributed by atoms with van der Waals surface area (Å²) in [5.74, 6) is 0.318. The van der Waals surface area contributed by atoms with Gasteiger partial charge >= 0.3 is 0 Å². The fourth-order valence-corrected chi connectivity index (χ4v) is 3.68. The van der Waals surface area contributed by atoms with Crippen LogP contribution in [0.4, 0.5) is 4.39 Å². The van der Waals surface area contributed by atoms with E-state index >= 15 is 0 Å². The predicted molar refractivity (Wildman–Crippen MR) is 122 cm³/mol. The molecule has 31 heavy (non-hydrogen) atoms. The highest BCUT2D eigenvalue weighted by Crippen LogP contribution is 2.36. The predicted octanol–water partition coefficient (Wildman–Crippen LogP) is 6.96. The highest BCUT2D eigenvalue weighted by Gasteiger charge is 2.12. The van der Waals surface area contributed by atoms with Gasteiger partial charge in [0.15, 0.2) is 5.75 Å². The van der Waals surface area contributed by atoms with Crippen molar-refractivity contribution in [3.05, 3.63) is 93.0 Å². The Kier molecular flexibility index (Phi) is 5.94. The number of nitrogens with zero attached hydrogens (tertiary/aromatic N) is 2. The summed E-state index contributed by atoms with van der Waals surface area (Å²) in [6.07, 6.45) is 1.61. The first kappa shape index (κ1) is 20.9. The summed E-state index contributed by atoms with van der Waals surface area (Å²) < 4.78 is 19.2. The van der Waals surface area contributed by atoms with Gasteiger partial charge in [-0.1, -0.05) is 53.0 Å². The van der Waals surface area contributed by atoms with Crippen molar-refractivity contribution in [1.29, 1.82) is 5.26 Å². The zero-order valence-corrected chi connectivity index (χ0v) is 17.9.